The minimum atomic E-state index is 0.590. The van der Waals surface area contributed by atoms with Gasteiger partial charge in [-0.2, -0.15) is 5.10 Å². The third kappa shape index (κ3) is 3.19. The van der Waals surface area contributed by atoms with Crippen molar-refractivity contribution in [2.24, 2.45) is 12.0 Å². The smallest absolute Gasteiger partial charge is 0.216 e. The van der Waals surface area contributed by atoms with Crippen molar-refractivity contribution in [1.29, 1.82) is 0 Å². The van der Waals surface area contributed by atoms with Crippen molar-refractivity contribution in [2.75, 3.05) is 14.2 Å². The average molecular weight is 265 g/mol. The van der Waals surface area contributed by atoms with Gasteiger partial charge in [0.15, 0.2) is 5.96 Å². The summed E-state index contributed by atoms with van der Waals surface area (Å²) in [5, 5.41) is 11.2. The standard InChI is InChI=1S/C13H23N5O/c1-5-11-10(12(19-4)18(3)17-11)8-15-13(14-2)16-9-6-7-9/h9H,5-8H2,1-4H3,(H2,14,15,16). The van der Waals surface area contributed by atoms with Gasteiger partial charge < -0.3 is 15.4 Å². The van der Waals surface area contributed by atoms with E-state index in [1.807, 2.05) is 7.05 Å². The van der Waals surface area contributed by atoms with Gasteiger partial charge in [-0.25, -0.2) is 4.68 Å². The van der Waals surface area contributed by atoms with Gasteiger partial charge in [-0.1, -0.05) is 6.92 Å². The number of hydrogen-bond donors (Lipinski definition) is 2. The summed E-state index contributed by atoms with van der Waals surface area (Å²) in [5.74, 6) is 1.65. The Bertz CT molecular complexity index is 462. The molecule has 1 aromatic heterocycles. The molecule has 19 heavy (non-hydrogen) atoms. The molecule has 0 unspecified atom stereocenters. The lowest BCUT2D eigenvalue weighted by Gasteiger charge is -2.12. The monoisotopic (exact) mass is 265 g/mol. The molecule has 2 N–H and O–H groups in total. The summed E-state index contributed by atoms with van der Waals surface area (Å²) in [6, 6.07) is 0.590. The molecule has 0 spiro atoms. The lowest BCUT2D eigenvalue weighted by Crippen LogP contribution is -2.38. The van der Waals surface area contributed by atoms with Gasteiger partial charge in [0.25, 0.3) is 0 Å². The molecule has 0 aromatic carbocycles. The zero-order valence-electron chi connectivity index (χ0n) is 12.2. The fraction of sp³-hybridized carbons (Fsp3) is 0.692. The predicted molar refractivity (Wildman–Crippen MR) is 75.5 cm³/mol. The molecule has 1 fully saturated rings. The van der Waals surface area contributed by atoms with Crippen LogP contribution in [0.25, 0.3) is 0 Å². The van der Waals surface area contributed by atoms with Crippen LogP contribution in [0.2, 0.25) is 0 Å². The first kappa shape index (κ1) is 13.7. The number of nitrogens with zero attached hydrogens (tertiary/aromatic N) is 3. The number of aromatic nitrogens is 2. The van der Waals surface area contributed by atoms with Crippen LogP contribution in [0.15, 0.2) is 4.99 Å². The fourth-order valence-electron chi connectivity index (χ4n) is 2.11. The van der Waals surface area contributed by atoms with Gasteiger partial charge in [0.05, 0.1) is 24.9 Å². The van der Waals surface area contributed by atoms with Crippen LogP contribution in [0.4, 0.5) is 0 Å². The topological polar surface area (TPSA) is 63.5 Å². The lowest BCUT2D eigenvalue weighted by atomic mass is 10.2. The summed E-state index contributed by atoms with van der Waals surface area (Å²) in [6.07, 6.45) is 3.36. The van der Waals surface area contributed by atoms with E-state index >= 15 is 0 Å². The molecule has 1 heterocycles. The van der Waals surface area contributed by atoms with Crippen molar-refractivity contribution in [3.63, 3.8) is 0 Å². The summed E-state index contributed by atoms with van der Waals surface area (Å²) >= 11 is 0. The molecular formula is C13H23N5O. The Hall–Kier alpha value is -1.72. The van der Waals surface area contributed by atoms with Crippen LogP contribution in [0.5, 0.6) is 5.88 Å². The maximum absolute atomic E-state index is 5.42. The van der Waals surface area contributed by atoms with Crippen LogP contribution in [0.1, 0.15) is 31.0 Å². The average Bonchev–Trinajstić information content (AvgIpc) is 3.17. The Morgan fingerprint density at radius 3 is 2.79 bits per heavy atom. The molecule has 0 radical (unpaired) electrons. The highest BCUT2D eigenvalue weighted by Crippen LogP contribution is 2.22. The van der Waals surface area contributed by atoms with E-state index in [-0.39, 0.29) is 0 Å². The summed E-state index contributed by atoms with van der Waals surface area (Å²) < 4.78 is 7.20. The molecule has 6 heteroatoms. The van der Waals surface area contributed by atoms with Gasteiger partial charge in [0.2, 0.25) is 5.88 Å². The molecule has 0 aliphatic heterocycles. The zero-order valence-corrected chi connectivity index (χ0v) is 12.2. The number of aryl methyl sites for hydroxylation is 2. The Kier molecular flexibility index (Phi) is 4.29. The van der Waals surface area contributed by atoms with Crippen LogP contribution in [-0.4, -0.2) is 35.9 Å². The lowest BCUT2D eigenvalue weighted by molar-refractivity contribution is 0.369. The molecule has 6 nitrogen and oxygen atoms in total. The van der Waals surface area contributed by atoms with E-state index in [1.165, 1.54) is 12.8 Å². The van der Waals surface area contributed by atoms with E-state index in [0.29, 0.717) is 12.6 Å². The molecular weight excluding hydrogens is 242 g/mol. The number of guanidine groups is 1. The van der Waals surface area contributed by atoms with Crippen molar-refractivity contribution in [2.45, 2.75) is 38.8 Å². The minimum Gasteiger partial charge on any atom is -0.481 e. The molecule has 1 saturated carbocycles. The largest absolute Gasteiger partial charge is 0.481 e. The first-order chi connectivity index (χ1) is 9.19. The highest BCUT2D eigenvalue weighted by Gasteiger charge is 2.22. The third-order valence-corrected chi connectivity index (χ3v) is 3.27. The minimum absolute atomic E-state index is 0.590. The fourth-order valence-corrected chi connectivity index (χ4v) is 2.11. The van der Waals surface area contributed by atoms with E-state index in [4.69, 9.17) is 4.74 Å². The number of hydrogen-bond acceptors (Lipinski definition) is 3. The van der Waals surface area contributed by atoms with Crippen molar-refractivity contribution < 1.29 is 4.74 Å². The number of ether oxygens (including phenoxy) is 1. The normalized spacial score (nSPS) is 15.5. The summed E-state index contributed by atoms with van der Waals surface area (Å²) in [7, 11) is 5.37. The van der Waals surface area contributed by atoms with Gasteiger partial charge in [0, 0.05) is 20.1 Å². The molecule has 0 saturated heterocycles. The number of methoxy groups -OCH3 is 1. The molecule has 1 aromatic rings. The van der Waals surface area contributed by atoms with Crippen LogP contribution >= 0.6 is 0 Å². The molecule has 2 rings (SSSR count). The zero-order chi connectivity index (χ0) is 13.8. The summed E-state index contributed by atoms with van der Waals surface area (Å²) in [6.45, 7) is 2.77. The maximum atomic E-state index is 5.42. The SMILES string of the molecule is CCc1nn(C)c(OC)c1CNC(=NC)NC1CC1. The van der Waals surface area contributed by atoms with E-state index in [9.17, 15) is 0 Å². The molecule has 0 amide bonds. The second kappa shape index (κ2) is 5.95. The summed E-state index contributed by atoms with van der Waals surface area (Å²) in [5.41, 5.74) is 2.17. The Morgan fingerprint density at radius 1 is 1.53 bits per heavy atom. The van der Waals surface area contributed by atoms with Crippen LogP contribution in [-0.2, 0) is 20.0 Å². The van der Waals surface area contributed by atoms with Gasteiger partial charge in [-0.15, -0.1) is 0 Å². The first-order valence-corrected chi connectivity index (χ1v) is 6.75. The second-order valence-corrected chi connectivity index (χ2v) is 4.76. The first-order valence-electron chi connectivity index (χ1n) is 6.75. The number of aliphatic imine (C=N–C) groups is 1. The van der Waals surface area contributed by atoms with Crippen molar-refractivity contribution in [1.82, 2.24) is 20.4 Å². The van der Waals surface area contributed by atoms with Crippen LogP contribution in [0.3, 0.4) is 0 Å². The predicted octanol–water partition coefficient (Wildman–Crippen LogP) is 0.819. The van der Waals surface area contributed by atoms with Gasteiger partial charge in [-0.3, -0.25) is 4.99 Å². The highest BCUT2D eigenvalue weighted by molar-refractivity contribution is 5.80. The van der Waals surface area contributed by atoms with E-state index in [0.717, 1.165) is 29.5 Å². The molecule has 0 atom stereocenters. The van der Waals surface area contributed by atoms with E-state index in [2.05, 4.69) is 27.6 Å². The van der Waals surface area contributed by atoms with E-state index in [1.54, 1.807) is 18.8 Å². The Morgan fingerprint density at radius 2 is 2.26 bits per heavy atom. The Balaban J connectivity index is 2.04. The molecule has 106 valence electrons. The van der Waals surface area contributed by atoms with Gasteiger partial charge in [0.1, 0.15) is 0 Å². The second-order valence-electron chi connectivity index (χ2n) is 4.76. The third-order valence-electron chi connectivity index (χ3n) is 3.27. The maximum Gasteiger partial charge on any atom is 0.216 e. The van der Waals surface area contributed by atoms with Crippen LogP contribution < -0.4 is 15.4 Å². The Labute approximate surface area is 114 Å². The molecule has 1 aliphatic rings. The highest BCUT2D eigenvalue weighted by atomic mass is 16.5. The van der Waals surface area contributed by atoms with Crippen molar-refractivity contribution in [3.05, 3.63) is 11.3 Å². The molecule has 0 bridgehead atoms. The van der Waals surface area contributed by atoms with Crippen molar-refractivity contribution in [3.8, 4) is 5.88 Å². The summed E-state index contributed by atoms with van der Waals surface area (Å²) in [4.78, 5) is 4.23. The quantitative estimate of drug-likeness (QED) is 0.611. The van der Waals surface area contributed by atoms with Gasteiger partial charge in [-0.05, 0) is 19.3 Å². The number of rotatable bonds is 5. The van der Waals surface area contributed by atoms with E-state index < -0.39 is 0 Å². The molecule has 1 aliphatic carbocycles. The van der Waals surface area contributed by atoms with Crippen molar-refractivity contribution >= 4 is 5.96 Å². The van der Waals surface area contributed by atoms with Gasteiger partial charge >= 0.3 is 0 Å². The van der Waals surface area contributed by atoms with Crippen LogP contribution in [0, 0.1) is 0 Å². The number of nitrogens with one attached hydrogen (secondary N) is 2.